The maximum atomic E-state index is 13.4. The molecule has 26 heavy (non-hydrogen) atoms. The van der Waals surface area contributed by atoms with Gasteiger partial charge in [-0.1, -0.05) is 71.6 Å². The van der Waals surface area contributed by atoms with Crippen molar-refractivity contribution in [2.75, 3.05) is 5.75 Å². The van der Waals surface area contributed by atoms with E-state index in [1.165, 1.54) is 32.1 Å². The van der Waals surface area contributed by atoms with Crippen LogP contribution >= 0.6 is 0 Å². The van der Waals surface area contributed by atoms with Gasteiger partial charge in [0.25, 0.3) is 0 Å². The first-order chi connectivity index (χ1) is 12.4. The highest BCUT2D eigenvalue weighted by Gasteiger charge is 2.55. The van der Waals surface area contributed by atoms with E-state index in [2.05, 4.69) is 13.8 Å². The molecule has 1 aliphatic heterocycles. The summed E-state index contributed by atoms with van der Waals surface area (Å²) in [5.74, 6) is 1.16. The fourth-order valence-corrected chi connectivity index (χ4v) is 9.52. The number of fused-ring (bicyclic) bond motifs is 1. The van der Waals surface area contributed by atoms with Crippen LogP contribution in [-0.4, -0.2) is 30.6 Å². The number of rotatable bonds is 5. The largest absolute Gasteiger partial charge is 0.392 e. The van der Waals surface area contributed by atoms with E-state index < -0.39 is 21.4 Å². The molecule has 0 radical (unpaired) electrons. The molecule has 4 heteroatoms. The maximum absolute atomic E-state index is 13.4. The summed E-state index contributed by atoms with van der Waals surface area (Å²) in [6.07, 6.45) is 13.5. The average molecular weight is 385 g/mol. The predicted molar refractivity (Wildman–Crippen MR) is 108 cm³/mol. The Morgan fingerprint density at radius 3 is 2.27 bits per heavy atom. The Labute approximate surface area is 161 Å². The van der Waals surface area contributed by atoms with Crippen LogP contribution in [0.3, 0.4) is 0 Å². The summed E-state index contributed by atoms with van der Waals surface area (Å²) in [5, 5.41) is 11.6. The molecule has 152 valence electrons. The van der Waals surface area contributed by atoms with Crippen LogP contribution in [0.1, 0.15) is 97.3 Å². The monoisotopic (exact) mass is 384 g/mol. The second-order valence-corrected chi connectivity index (χ2v) is 11.8. The van der Waals surface area contributed by atoms with Crippen molar-refractivity contribution in [3.63, 3.8) is 0 Å². The number of unbranched alkanes of at least 4 members (excludes halogenated alkanes) is 1. The number of sulfone groups is 1. The zero-order valence-corrected chi connectivity index (χ0v) is 17.8. The van der Waals surface area contributed by atoms with Crippen molar-refractivity contribution >= 4 is 9.84 Å². The van der Waals surface area contributed by atoms with Crippen molar-refractivity contribution in [3.05, 3.63) is 0 Å². The van der Waals surface area contributed by atoms with Gasteiger partial charge in [0.1, 0.15) is 0 Å². The van der Waals surface area contributed by atoms with E-state index in [9.17, 15) is 13.5 Å². The van der Waals surface area contributed by atoms with Crippen molar-refractivity contribution < 1.29 is 13.5 Å². The lowest BCUT2D eigenvalue weighted by Crippen LogP contribution is -2.47. The Balaban J connectivity index is 2.03. The third-order valence-corrected chi connectivity index (χ3v) is 10.6. The van der Waals surface area contributed by atoms with Crippen LogP contribution in [0.25, 0.3) is 0 Å². The molecular weight excluding hydrogens is 344 g/mol. The summed E-state index contributed by atoms with van der Waals surface area (Å²) in [6, 6.07) is 0. The molecule has 0 bridgehead atoms. The quantitative estimate of drug-likeness (QED) is 0.716. The molecule has 2 unspecified atom stereocenters. The first-order valence-corrected chi connectivity index (χ1v) is 13.1. The molecule has 1 heterocycles. The summed E-state index contributed by atoms with van der Waals surface area (Å²) >= 11 is 0. The van der Waals surface area contributed by atoms with Crippen molar-refractivity contribution in [1.29, 1.82) is 0 Å². The van der Waals surface area contributed by atoms with Gasteiger partial charge in [-0.25, -0.2) is 8.42 Å². The highest BCUT2D eigenvalue weighted by atomic mass is 32.2. The van der Waals surface area contributed by atoms with Gasteiger partial charge in [0.15, 0.2) is 9.84 Å². The molecule has 3 fully saturated rings. The van der Waals surface area contributed by atoms with E-state index in [0.29, 0.717) is 5.92 Å². The molecule has 1 N–H and O–H groups in total. The van der Waals surface area contributed by atoms with Crippen LogP contribution in [0, 0.1) is 23.2 Å². The van der Waals surface area contributed by atoms with Crippen molar-refractivity contribution in [1.82, 2.24) is 0 Å². The second kappa shape index (κ2) is 8.51. The van der Waals surface area contributed by atoms with Crippen LogP contribution in [0.2, 0.25) is 0 Å². The Hall–Kier alpha value is -0.0900. The molecule has 3 nitrogen and oxygen atoms in total. The Kier molecular flexibility index (Phi) is 6.75. The van der Waals surface area contributed by atoms with E-state index in [0.717, 1.165) is 51.4 Å². The zero-order chi connectivity index (χ0) is 18.8. The summed E-state index contributed by atoms with van der Waals surface area (Å²) in [7, 11) is -3.13. The van der Waals surface area contributed by atoms with Gasteiger partial charge in [-0.3, -0.25) is 0 Å². The van der Waals surface area contributed by atoms with Crippen LogP contribution in [0.5, 0.6) is 0 Å². The number of hydrogen-bond acceptors (Lipinski definition) is 3. The van der Waals surface area contributed by atoms with Crippen molar-refractivity contribution in [2.45, 2.75) is 109 Å². The van der Waals surface area contributed by atoms with Crippen molar-refractivity contribution in [3.8, 4) is 0 Å². The molecular formula is C22H40O3S. The van der Waals surface area contributed by atoms with Gasteiger partial charge in [0.05, 0.1) is 17.1 Å². The van der Waals surface area contributed by atoms with E-state index in [4.69, 9.17) is 0 Å². The summed E-state index contributed by atoms with van der Waals surface area (Å²) < 4.78 is 26.9. The standard InChI is InChI=1S/C22H40O3S/c1-3-5-15-22(4-2)16-26(24,25)19-14-10-9-13-18(19)20(21(22)23)17-11-7-6-8-12-17/h17-21,23H,3-16H2,1-2H3/t18?,19?,20-,21-,22-/m1/s1. The molecule has 2 aliphatic carbocycles. The van der Waals surface area contributed by atoms with Crippen LogP contribution < -0.4 is 0 Å². The fraction of sp³-hybridized carbons (Fsp3) is 1.00. The molecule has 2 saturated carbocycles. The minimum absolute atomic E-state index is 0.187. The summed E-state index contributed by atoms with van der Waals surface area (Å²) in [4.78, 5) is 0. The zero-order valence-electron chi connectivity index (χ0n) is 17.0. The predicted octanol–water partition coefficient (Wildman–Crippen LogP) is 5.12. The molecule has 3 aliphatic rings. The van der Waals surface area contributed by atoms with Crippen LogP contribution in [0.4, 0.5) is 0 Å². The van der Waals surface area contributed by atoms with E-state index in [-0.39, 0.29) is 22.8 Å². The van der Waals surface area contributed by atoms with E-state index >= 15 is 0 Å². The van der Waals surface area contributed by atoms with Crippen LogP contribution in [-0.2, 0) is 9.84 Å². The number of aliphatic hydroxyl groups is 1. The Bertz CT molecular complexity index is 552. The molecule has 0 amide bonds. The molecule has 1 saturated heterocycles. The smallest absolute Gasteiger partial charge is 0.154 e. The van der Waals surface area contributed by atoms with E-state index in [1.807, 2.05) is 0 Å². The molecule has 0 aromatic rings. The summed E-state index contributed by atoms with van der Waals surface area (Å²) in [6.45, 7) is 4.28. The topological polar surface area (TPSA) is 54.4 Å². The highest BCUT2D eigenvalue weighted by molar-refractivity contribution is 7.92. The van der Waals surface area contributed by atoms with E-state index in [1.54, 1.807) is 0 Å². The number of hydrogen-bond donors (Lipinski definition) is 1. The van der Waals surface area contributed by atoms with Gasteiger partial charge in [-0.15, -0.1) is 0 Å². The Morgan fingerprint density at radius 2 is 1.62 bits per heavy atom. The van der Waals surface area contributed by atoms with Gasteiger partial charge < -0.3 is 5.11 Å². The minimum Gasteiger partial charge on any atom is -0.392 e. The third kappa shape index (κ3) is 3.87. The van der Waals surface area contributed by atoms with Gasteiger partial charge in [-0.2, -0.15) is 0 Å². The molecule has 3 rings (SSSR count). The first-order valence-electron chi connectivity index (χ1n) is 11.3. The minimum atomic E-state index is -3.13. The molecule has 0 aromatic heterocycles. The maximum Gasteiger partial charge on any atom is 0.154 e. The molecule has 5 atom stereocenters. The average Bonchev–Trinajstić information content (AvgIpc) is 2.73. The van der Waals surface area contributed by atoms with Gasteiger partial charge >= 0.3 is 0 Å². The normalized spacial score (nSPS) is 41.3. The summed E-state index contributed by atoms with van der Waals surface area (Å²) in [5.41, 5.74) is -0.422. The molecule has 0 spiro atoms. The highest BCUT2D eigenvalue weighted by Crippen LogP contribution is 2.52. The lowest BCUT2D eigenvalue weighted by Gasteiger charge is -2.46. The third-order valence-electron chi connectivity index (χ3n) is 8.12. The van der Waals surface area contributed by atoms with Gasteiger partial charge in [-0.05, 0) is 43.4 Å². The Morgan fingerprint density at radius 1 is 0.962 bits per heavy atom. The van der Waals surface area contributed by atoms with Crippen molar-refractivity contribution in [2.24, 2.45) is 23.2 Å². The van der Waals surface area contributed by atoms with Gasteiger partial charge in [0.2, 0.25) is 0 Å². The SMILES string of the molecule is CCCC[C@]1(CC)CS(=O)(=O)C2CCCCC2[C@@H](C2CCCCC2)[C@H]1O. The molecule has 0 aromatic carbocycles. The first kappa shape index (κ1) is 20.6. The van der Waals surface area contributed by atoms with Gasteiger partial charge in [0, 0.05) is 5.41 Å². The van der Waals surface area contributed by atoms with Crippen LogP contribution in [0.15, 0.2) is 0 Å². The lowest BCUT2D eigenvalue weighted by molar-refractivity contribution is -0.0637. The second-order valence-electron chi connectivity index (χ2n) is 9.53. The lowest BCUT2D eigenvalue weighted by atomic mass is 9.61. The number of aliphatic hydroxyl groups excluding tert-OH is 1. The fourth-order valence-electron chi connectivity index (χ4n) is 6.61.